The van der Waals surface area contributed by atoms with Crippen molar-refractivity contribution in [2.24, 2.45) is 0 Å². The van der Waals surface area contributed by atoms with Crippen LogP contribution in [-0.2, 0) is 0 Å². The van der Waals surface area contributed by atoms with Gasteiger partial charge in [-0.2, -0.15) is 5.10 Å². The summed E-state index contributed by atoms with van der Waals surface area (Å²) < 4.78 is 0. The molecule has 0 aliphatic rings. The van der Waals surface area contributed by atoms with E-state index in [2.05, 4.69) is 10.2 Å². The molecule has 2 nitrogen and oxygen atoms in total. The van der Waals surface area contributed by atoms with Crippen LogP contribution in [0.25, 0.3) is 10.9 Å². The zero-order valence-corrected chi connectivity index (χ0v) is 8.30. The molecular weight excluding hydrogens is 196 g/mol. The Morgan fingerprint density at radius 2 is 1.31 bits per heavy atom. The molecule has 1 aromatic heterocycles. The second kappa shape index (κ2) is 6.40. The van der Waals surface area contributed by atoms with Gasteiger partial charge in [-0.15, -0.1) is 0 Å². The molecule has 0 saturated carbocycles. The molecule has 0 amide bonds. The number of benzene rings is 2. The second-order valence-electron chi connectivity index (χ2n) is 3.11. The molecule has 2 heteroatoms. The van der Waals surface area contributed by atoms with Crippen LogP contribution in [0.15, 0.2) is 66.9 Å². The van der Waals surface area contributed by atoms with Crippen LogP contribution < -0.4 is 0 Å². The highest BCUT2D eigenvalue weighted by atomic mass is 15.1. The first-order valence-electron chi connectivity index (χ1n) is 4.85. The summed E-state index contributed by atoms with van der Waals surface area (Å²) in [5, 5.41) is 7.91. The molecule has 16 heavy (non-hydrogen) atoms. The maximum atomic E-state index is 3.88. The van der Waals surface area contributed by atoms with Crippen molar-refractivity contribution >= 4 is 10.9 Å². The lowest BCUT2D eigenvalue weighted by atomic mass is 10.3. The van der Waals surface area contributed by atoms with Crippen molar-refractivity contribution in [3.05, 3.63) is 66.9 Å². The monoisotopic (exact) mass is 212 g/mol. The summed E-state index contributed by atoms with van der Waals surface area (Å²) in [5.41, 5.74) is 1.09. The zero-order chi connectivity index (χ0) is 10.3. The quantitative estimate of drug-likeness (QED) is 0.601. The summed E-state index contributed by atoms with van der Waals surface area (Å²) in [6.45, 7) is 0. The van der Waals surface area contributed by atoms with Gasteiger partial charge in [0.25, 0.3) is 0 Å². The maximum absolute atomic E-state index is 3.88. The minimum absolute atomic E-state index is 0. The lowest BCUT2D eigenvalue weighted by Gasteiger charge is -1.81. The first-order valence-corrected chi connectivity index (χ1v) is 4.85. The van der Waals surface area contributed by atoms with E-state index in [0.29, 0.717) is 0 Å². The summed E-state index contributed by atoms with van der Waals surface area (Å²) in [4.78, 5) is 0. The summed E-state index contributed by atoms with van der Waals surface area (Å²) in [6.07, 6.45) is 1.81. The Bertz CT molecular complexity index is 443. The van der Waals surface area contributed by atoms with Crippen molar-refractivity contribution in [3.8, 4) is 0 Å². The fraction of sp³-hybridized carbons (Fsp3) is 0.0714. The highest BCUT2D eigenvalue weighted by Gasteiger charge is 1.88. The lowest BCUT2D eigenvalue weighted by Crippen LogP contribution is -1.63. The Labute approximate surface area is 95.9 Å². The first-order chi connectivity index (χ1) is 7.47. The largest absolute Gasteiger partial charge is 0.278 e. The molecule has 3 aromatic rings. The molecule has 82 valence electrons. The summed E-state index contributed by atoms with van der Waals surface area (Å²) in [6, 6.07) is 20.0. The van der Waals surface area contributed by atoms with Gasteiger partial charge in [0.15, 0.2) is 0 Å². The van der Waals surface area contributed by atoms with Gasteiger partial charge in [-0.3, -0.25) is 5.10 Å². The Morgan fingerprint density at radius 3 is 1.88 bits per heavy atom. The molecule has 0 bridgehead atoms. The molecule has 0 aliphatic heterocycles. The number of hydrogen-bond acceptors (Lipinski definition) is 1. The van der Waals surface area contributed by atoms with E-state index in [1.54, 1.807) is 0 Å². The molecule has 3 rings (SSSR count). The predicted octanol–water partition coefficient (Wildman–Crippen LogP) is 3.89. The molecule has 0 unspecified atom stereocenters. The number of aromatic nitrogens is 2. The van der Waals surface area contributed by atoms with Crippen LogP contribution in [0.4, 0.5) is 0 Å². The van der Waals surface area contributed by atoms with Gasteiger partial charge < -0.3 is 0 Å². The number of nitrogens with one attached hydrogen (secondary N) is 1. The summed E-state index contributed by atoms with van der Waals surface area (Å²) in [7, 11) is 0. The van der Waals surface area contributed by atoms with E-state index in [-0.39, 0.29) is 7.43 Å². The van der Waals surface area contributed by atoms with E-state index < -0.39 is 0 Å². The van der Waals surface area contributed by atoms with E-state index in [0.717, 1.165) is 10.9 Å². The van der Waals surface area contributed by atoms with Crippen molar-refractivity contribution in [2.75, 3.05) is 0 Å². The Hall–Kier alpha value is -2.09. The normalized spacial score (nSPS) is 8.75. The predicted molar refractivity (Wildman–Crippen MR) is 69.3 cm³/mol. The average molecular weight is 212 g/mol. The fourth-order valence-electron chi connectivity index (χ4n) is 1.27. The van der Waals surface area contributed by atoms with Gasteiger partial charge >= 0.3 is 0 Å². The summed E-state index contributed by atoms with van der Waals surface area (Å²) in [5.74, 6) is 0. The van der Waals surface area contributed by atoms with E-state index in [4.69, 9.17) is 0 Å². The fourth-order valence-corrected chi connectivity index (χ4v) is 1.27. The van der Waals surface area contributed by atoms with Crippen molar-refractivity contribution in [3.63, 3.8) is 0 Å². The molecule has 2 aromatic carbocycles. The van der Waals surface area contributed by atoms with Crippen LogP contribution in [0.1, 0.15) is 7.43 Å². The Morgan fingerprint density at radius 1 is 0.750 bits per heavy atom. The molecule has 0 spiro atoms. The third-order valence-electron chi connectivity index (χ3n) is 2.02. The van der Waals surface area contributed by atoms with E-state index in [1.165, 1.54) is 0 Å². The highest BCUT2D eigenvalue weighted by Crippen LogP contribution is 2.06. The van der Waals surface area contributed by atoms with Crippen molar-refractivity contribution < 1.29 is 0 Å². The number of para-hydroxylation sites is 1. The molecule has 1 heterocycles. The van der Waals surface area contributed by atoms with Gasteiger partial charge in [-0.05, 0) is 6.07 Å². The topological polar surface area (TPSA) is 28.7 Å². The number of H-pyrrole nitrogens is 1. The molecule has 0 radical (unpaired) electrons. The molecule has 0 fully saturated rings. The molecule has 0 atom stereocenters. The van der Waals surface area contributed by atoms with Crippen LogP contribution in [-0.4, -0.2) is 10.2 Å². The van der Waals surface area contributed by atoms with Crippen LogP contribution in [0.5, 0.6) is 0 Å². The smallest absolute Gasteiger partial charge is 0.0650 e. The highest BCUT2D eigenvalue weighted by molar-refractivity contribution is 5.77. The molecular formula is C14H16N2. The van der Waals surface area contributed by atoms with Crippen LogP contribution in [0.3, 0.4) is 0 Å². The number of aromatic amines is 1. The van der Waals surface area contributed by atoms with Crippen molar-refractivity contribution in [2.45, 2.75) is 7.43 Å². The SMILES string of the molecule is C.c1ccc2[nH]ncc2c1.c1ccccc1. The lowest BCUT2D eigenvalue weighted by molar-refractivity contribution is 1.12. The molecule has 0 saturated heterocycles. The Balaban J connectivity index is 0.000000162. The molecule has 1 N–H and O–H groups in total. The van der Waals surface area contributed by atoms with Crippen molar-refractivity contribution in [1.29, 1.82) is 0 Å². The zero-order valence-electron chi connectivity index (χ0n) is 8.30. The van der Waals surface area contributed by atoms with Crippen LogP contribution in [0, 0.1) is 0 Å². The second-order valence-corrected chi connectivity index (χ2v) is 3.11. The molecule has 0 aliphatic carbocycles. The van der Waals surface area contributed by atoms with Gasteiger partial charge in [0.1, 0.15) is 0 Å². The number of hydrogen-bond donors (Lipinski definition) is 1. The maximum Gasteiger partial charge on any atom is 0.0650 e. The van der Waals surface area contributed by atoms with E-state index >= 15 is 0 Å². The van der Waals surface area contributed by atoms with Gasteiger partial charge in [-0.25, -0.2) is 0 Å². The third kappa shape index (κ3) is 3.24. The number of rotatable bonds is 0. The van der Waals surface area contributed by atoms with Crippen LogP contribution in [0.2, 0.25) is 0 Å². The Kier molecular flexibility index (Phi) is 4.80. The van der Waals surface area contributed by atoms with Crippen LogP contribution >= 0.6 is 0 Å². The van der Waals surface area contributed by atoms with Gasteiger partial charge in [0.05, 0.1) is 11.7 Å². The minimum Gasteiger partial charge on any atom is -0.278 e. The summed E-state index contributed by atoms with van der Waals surface area (Å²) >= 11 is 0. The van der Waals surface area contributed by atoms with Gasteiger partial charge in [0.2, 0.25) is 0 Å². The standard InChI is InChI=1S/C7H6N2.C6H6.CH4/c1-2-4-7-6(3-1)5-8-9-7;1-2-4-6-5-3-1;/h1-5H,(H,8,9);1-6H;1H4. The third-order valence-corrected chi connectivity index (χ3v) is 2.02. The minimum atomic E-state index is 0. The number of fused-ring (bicyclic) bond motifs is 1. The van der Waals surface area contributed by atoms with Crippen molar-refractivity contribution in [1.82, 2.24) is 10.2 Å². The number of nitrogens with zero attached hydrogens (tertiary/aromatic N) is 1. The van der Waals surface area contributed by atoms with E-state index in [1.807, 2.05) is 66.9 Å². The van der Waals surface area contributed by atoms with Gasteiger partial charge in [0, 0.05) is 5.39 Å². The van der Waals surface area contributed by atoms with Gasteiger partial charge in [-0.1, -0.05) is 62.0 Å². The first kappa shape index (κ1) is 12.0. The van der Waals surface area contributed by atoms with E-state index in [9.17, 15) is 0 Å². The average Bonchev–Trinajstić information content (AvgIpc) is 2.80.